The molecule has 0 aromatic carbocycles. The lowest BCUT2D eigenvalue weighted by Crippen LogP contribution is -2.25. The Morgan fingerprint density at radius 1 is 0.943 bits per heavy atom. The molecule has 0 unspecified atom stereocenters. The number of nitrogens with zero attached hydrogens (tertiary/aromatic N) is 4. The molecule has 2 saturated heterocycles. The summed E-state index contributed by atoms with van der Waals surface area (Å²) in [6.45, 7) is 8.81. The van der Waals surface area contributed by atoms with Crippen LogP contribution in [0.2, 0.25) is 5.28 Å². The number of aliphatic hydroxyl groups excluding tert-OH is 1. The standard InChI is InChI=1S/C10H15N3O3.C6H12O3.C4H4ClN3.2H2S/c1-10(2)15-6-7(16-10)5-14-9-12-4-3-8(11)13-9;1-6(2)8-4-5(3-7)9-6;5-4-7-2-1-3(6)8-4;;/h3-4,7H,5-6H2,1-2H3,(H2,11,12,13);5,7H,3-4H2,1-2H3;1-2H,(H2,6,7,8);2*1H2/t7-;5-;;;/m00.../s1. The fourth-order valence-electron chi connectivity index (χ4n) is 2.64. The highest BCUT2D eigenvalue weighted by atomic mass is 35.5. The molecular formula is C20H35ClN6O6S2. The van der Waals surface area contributed by atoms with Crippen LogP contribution in [0.5, 0.6) is 6.01 Å². The summed E-state index contributed by atoms with van der Waals surface area (Å²) in [5, 5.41) is 8.78. The van der Waals surface area contributed by atoms with Gasteiger partial charge >= 0.3 is 6.01 Å². The highest BCUT2D eigenvalue weighted by Crippen LogP contribution is 2.23. The largest absolute Gasteiger partial charge is 0.461 e. The molecule has 0 spiro atoms. The van der Waals surface area contributed by atoms with Crippen molar-refractivity contribution in [2.24, 2.45) is 0 Å². The molecule has 5 N–H and O–H groups in total. The normalized spacial score (nSPS) is 21.2. The van der Waals surface area contributed by atoms with Crippen LogP contribution >= 0.6 is 38.6 Å². The summed E-state index contributed by atoms with van der Waals surface area (Å²) >= 11 is 5.34. The summed E-state index contributed by atoms with van der Waals surface area (Å²) in [5.41, 5.74) is 10.7. The molecule has 2 fully saturated rings. The molecule has 2 atom stereocenters. The summed E-state index contributed by atoms with van der Waals surface area (Å²) in [6, 6.07) is 3.44. The average Bonchev–Trinajstić information content (AvgIpc) is 3.27. The molecular weight excluding hydrogens is 520 g/mol. The minimum absolute atomic E-state index is 0. The third-order valence-corrected chi connectivity index (χ3v) is 4.22. The van der Waals surface area contributed by atoms with Crippen molar-refractivity contribution in [3.63, 3.8) is 0 Å². The van der Waals surface area contributed by atoms with E-state index in [-0.39, 0.29) is 57.1 Å². The zero-order valence-electron chi connectivity index (χ0n) is 20.1. The van der Waals surface area contributed by atoms with Gasteiger partial charge in [-0.05, 0) is 51.4 Å². The summed E-state index contributed by atoms with van der Waals surface area (Å²) < 4.78 is 26.7. The van der Waals surface area contributed by atoms with Gasteiger partial charge in [-0.15, -0.1) is 0 Å². The minimum Gasteiger partial charge on any atom is -0.461 e. The predicted molar refractivity (Wildman–Crippen MR) is 141 cm³/mol. The average molecular weight is 555 g/mol. The Hall–Kier alpha value is -1.65. The lowest BCUT2D eigenvalue weighted by atomic mass is 10.4. The van der Waals surface area contributed by atoms with Gasteiger partial charge in [0.2, 0.25) is 5.28 Å². The van der Waals surface area contributed by atoms with Gasteiger partial charge in [0.15, 0.2) is 11.6 Å². The molecule has 2 aliphatic heterocycles. The molecule has 2 aliphatic rings. The first-order valence-corrected chi connectivity index (χ1v) is 10.6. The van der Waals surface area contributed by atoms with Gasteiger partial charge < -0.3 is 40.3 Å². The predicted octanol–water partition coefficient (Wildman–Crippen LogP) is 1.66. The van der Waals surface area contributed by atoms with Crippen LogP contribution in [-0.2, 0) is 18.9 Å². The fourth-order valence-corrected chi connectivity index (χ4v) is 2.79. The number of hydrogen-bond acceptors (Lipinski definition) is 12. The Labute approximate surface area is 223 Å². The van der Waals surface area contributed by atoms with E-state index >= 15 is 0 Å². The van der Waals surface area contributed by atoms with Crippen LogP contribution in [-0.4, -0.2) is 75.3 Å². The smallest absolute Gasteiger partial charge is 0.318 e. The van der Waals surface area contributed by atoms with E-state index in [0.29, 0.717) is 31.5 Å². The zero-order valence-corrected chi connectivity index (χ0v) is 22.9. The Balaban J connectivity index is 0.000000523. The molecule has 15 heteroatoms. The van der Waals surface area contributed by atoms with Crippen molar-refractivity contribution in [1.29, 1.82) is 0 Å². The van der Waals surface area contributed by atoms with Gasteiger partial charge in [-0.2, -0.15) is 32.0 Å². The van der Waals surface area contributed by atoms with Gasteiger partial charge in [-0.3, -0.25) is 0 Å². The van der Waals surface area contributed by atoms with Gasteiger partial charge in [0, 0.05) is 12.4 Å². The molecule has 2 aromatic rings. The monoisotopic (exact) mass is 554 g/mol. The van der Waals surface area contributed by atoms with Crippen molar-refractivity contribution in [3.8, 4) is 6.01 Å². The van der Waals surface area contributed by atoms with E-state index < -0.39 is 11.6 Å². The molecule has 0 amide bonds. The third kappa shape index (κ3) is 13.3. The third-order valence-electron chi connectivity index (χ3n) is 4.04. The fraction of sp³-hybridized carbons (Fsp3) is 0.600. The number of ether oxygens (including phenoxy) is 5. The summed E-state index contributed by atoms with van der Waals surface area (Å²) in [5.74, 6) is -0.253. The summed E-state index contributed by atoms with van der Waals surface area (Å²) in [6.07, 6.45) is 2.83. The molecule has 2 aromatic heterocycles. The topological polar surface area (TPSA) is 170 Å². The quantitative estimate of drug-likeness (QED) is 0.467. The SMILES string of the molecule is CC1(C)OC[C@H](CO)O1.CC1(C)OC[C@H](COc2nccc(N)n2)O1.Nc1ccnc(Cl)n1.S.S. The first-order valence-electron chi connectivity index (χ1n) is 10.2. The second kappa shape index (κ2) is 15.5. The molecule has 4 rings (SSSR count). The number of hydrogen-bond donors (Lipinski definition) is 3. The van der Waals surface area contributed by atoms with Crippen molar-refractivity contribution in [2.45, 2.75) is 51.5 Å². The first kappa shape index (κ1) is 33.4. The highest BCUT2D eigenvalue weighted by molar-refractivity contribution is 7.59. The molecule has 4 heterocycles. The number of anilines is 2. The molecule has 200 valence electrons. The number of rotatable bonds is 4. The van der Waals surface area contributed by atoms with Gasteiger partial charge in [-0.25, -0.2) is 15.0 Å². The molecule has 0 saturated carbocycles. The van der Waals surface area contributed by atoms with Crippen LogP contribution < -0.4 is 16.2 Å². The van der Waals surface area contributed by atoms with E-state index in [9.17, 15) is 0 Å². The van der Waals surface area contributed by atoms with E-state index in [2.05, 4.69) is 19.9 Å². The lowest BCUT2D eigenvalue weighted by Gasteiger charge is -2.16. The van der Waals surface area contributed by atoms with Gasteiger partial charge in [0.25, 0.3) is 0 Å². The Kier molecular flexibility index (Phi) is 14.7. The maximum Gasteiger partial charge on any atom is 0.318 e. The van der Waals surface area contributed by atoms with Crippen LogP contribution in [0.15, 0.2) is 24.5 Å². The van der Waals surface area contributed by atoms with Crippen LogP contribution in [0.1, 0.15) is 27.7 Å². The number of halogens is 1. The van der Waals surface area contributed by atoms with E-state index in [1.807, 2.05) is 27.7 Å². The Morgan fingerprint density at radius 2 is 1.46 bits per heavy atom. The van der Waals surface area contributed by atoms with Gasteiger partial charge in [0.05, 0.1) is 19.8 Å². The summed E-state index contributed by atoms with van der Waals surface area (Å²) in [7, 11) is 0. The number of aliphatic hydroxyl groups is 1. The number of aromatic nitrogens is 4. The second-order valence-corrected chi connectivity index (χ2v) is 8.25. The van der Waals surface area contributed by atoms with E-state index in [0.717, 1.165) is 0 Å². The minimum atomic E-state index is -0.537. The maximum atomic E-state index is 8.59. The van der Waals surface area contributed by atoms with E-state index in [4.69, 9.17) is 51.9 Å². The van der Waals surface area contributed by atoms with E-state index in [1.165, 1.54) is 6.20 Å². The summed E-state index contributed by atoms with van der Waals surface area (Å²) in [4.78, 5) is 15.1. The molecule has 0 aliphatic carbocycles. The first-order chi connectivity index (χ1) is 15.5. The van der Waals surface area contributed by atoms with Crippen molar-refractivity contribution in [1.82, 2.24) is 19.9 Å². The van der Waals surface area contributed by atoms with Gasteiger partial charge in [0.1, 0.15) is 30.5 Å². The van der Waals surface area contributed by atoms with Crippen molar-refractivity contribution < 1.29 is 28.8 Å². The Morgan fingerprint density at radius 3 is 1.83 bits per heavy atom. The molecule has 35 heavy (non-hydrogen) atoms. The van der Waals surface area contributed by atoms with Crippen molar-refractivity contribution >= 4 is 50.2 Å². The molecule has 0 radical (unpaired) electrons. The van der Waals surface area contributed by atoms with Gasteiger partial charge in [-0.1, -0.05) is 0 Å². The second-order valence-electron chi connectivity index (χ2n) is 7.91. The Bertz CT molecular complexity index is 868. The van der Waals surface area contributed by atoms with Crippen LogP contribution in [0.4, 0.5) is 11.6 Å². The van der Waals surface area contributed by atoms with Crippen LogP contribution in [0.25, 0.3) is 0 Å². The van der Waals surface area contributed by atoms with E-state index in [1.54, 1.807) is 18.3 Å². The number of nitrogen functional groups attached to an aromatic ring is 2. The zero-order chi connectivity index (χ0) is 24.5. The number of nitrogens with two attached hydrogens (primary N) is 2. The van der Waals surface area contributed by atoms with Crippen molar-refractivity contribution in [2.75, 3.05) is 37.9 Å². The van der Waals surface area contributed by atoms with Crippen molar-refractivity contribution in [3.05, 3.63) is 29.8 Å². The molecule has 12 nitrogen and oxygen atoms in total. The lowest BCUT2D eigenvalue weighted by molar-refractivity contribution is -0.142. The van der Waals surface area contributed by atoms with Crippen LogP contribution in [0.3, 0.4) is 0 Å². The highest BCUT2D eigenvalue weighted by Gasteiger charge is 2.33. The maximum absolute atomic E-state index is 8.59. The van der Waals surface area contributed by atoms with Crippen LogP contribution in [0, 0.1) is 0 Å². The molecule has 0 bridgehead atoms.